The maximum Gasteiger partial charge on any atom is 0.241 e. The predicted molar refractivity (Wildman–Crippen MR) is 117 cm³/mol. The summed E-state index contributed by atoms with van der Waals surface area (Å²) in [6, 6.07) is 1.76. The number of aryl methyl sites for hydroxylation is 2. The van der Waals surface area contributed by atoms with Gasteiger partial charge in [-0.2, -0.15) is 0 Å². The number of rotatable bonds is 7. The molecule has 0 aliphatic carbocycles. The van der Waals surface area contributed by atoms with Crippen LogP contribution in [0.4, 0.5) is 0 Å². The van der Waals surface area contributed by atoms with Crippen LogP contribution in [0.25, 0.3) is 9.88 Å². The molecule has 2 aromatic rings. The summed E-state index contributed by atoms with van der Waals surface area (Å²) in [5, 5.41) is 2.87. The maximum absolute atomic E-state index is 12.7. The minimum absolute atomic E-state index is 0. The molecule has 3 rings (SSSR count). The Balaban J connectivity index is 0.00000261. The van der Waals surface area contributed by atoms with Gasteiger partial charge < -0.3 is 4.90 Å². The molecule has 3 heterocycles. The van der Waals surface area contributed by atoms with Crippen LogP contribution >= 0.6 is 35.1 Å². The number of thiazole rings is 1. The van der Waals surface area contributed by atoms with Crippen LogP contribution in [0.15, 0.2) is 16.3 Å². The summed E-state index contributed by atoms with van der Waals surface area (Å²) in [5.41, 5.74) is 0.964. The van der Waals surface area contributed by atoms with E-state index in [4.69, 9.17) is 0 Å². The number of piperidine rings is 1. The molecule has 0 aromatic carbocycles. The highest BCUT2D eigenvalue weighted by molar-refractivity contribution is 7.89. The summed E-state index contributed by atoms with van der Waals surface area (Å²) in [6.45, 7) is 9.82. The van der Waals surface area contributed by atoms with Crippen molar-refractivity contribution in [2.75, 3.05) is 26.2 Å². The van der Waals surface area contributed by atoms with Gasteiger partial charge >= 0.3 is 0 Å². The highest BCUT2D eigenvalue weighted by atomic mass is 35.5. The summed E-state index contributed by atoms with van der Waals surface area (Å²) in [7, 11) is -3.46. The molecule has 1 aliphatic heterocycles. The SMILES string of the molecule is Cc1csc(-c2cc(S(=O)(=O)NCCCN3CCC(C)CC3)c(C)s2)n1.Cl. The van der Waals surface area contributed by atoms with Crippen molar-refractivity contribution >= 4 is 45.1 Å². The molecule has 1 fully saturated rings. The highest BCUT2D eigenvalue weighted by Gasteiger charge is 2.21. The second-order valence-electron chi connectivity index (χ2n) is 7.10. The molecule has 0 amide bonds. The Labute approximate surface area is 176 Å². The summed E-state index contributed by atoms with van der Waals surface area (Å²) in [6.07, 6.45) is 3.34. The molecular formula is C18H28ClN3O2S3. The number of hydrogen-bond donors (Lipinski definition) is 1. The smallest absolute Gasteiger partial charge is 0.241 e. The summed E-state index contributed by atoms with van der Waals surface area (Å²) in [5.74, 6) is 0.821. The van der Waals surface area contributed by atoms with E-state index in [-0.39, 0.29) is 12.4 Å². The van der Waals surface area contributed by atoms with Crippen LogP contribution in [0.2, 0.25) is 0 Å². The summed E-state index contributed by atoms with van der Waals surface area (Å²) < 4.78 is 28.1. The van der Waals surface area contributed by atoms with Gasteiger partial charge in [0.2, 0.25) is 10.0 Å². The standard InChI is InChI=1S/C18H27N3O2S3.ClH/c1-13-5-9-21(10-6-13)8-4-7-19-26(22,23)17-11-16(25-15(17)3)18-20-14(2)12-24-18;/h11-13,19H,4-10H2,1-3H3;1H. The number of nitrogens with zero attached hydrogens (tertiary/aromatic N) is 2. The first-order chi connectivity index (χ1) is 12.3. The first-order valence-electron chi connectivity index (χ1n) is 9.10. The van der Waals surface area contributed by atoms with Gasteiger partial charge in [0, 0.05) is 22.5 Å². The third-order valence-corrected chi connectivity index (χ3v) is 8.71. The van der Waals surface area contributed by atoms with Crippen LogP contribution in [-0.2, 0) is 10.0 Å². The Morgan fingerprint density at radius 3 is 2.63 bits per heavy atom. The van der Waals surface area contributed by atoms with E-state index in [0.717, 1.165) is 52.4 Å². The number of hydrogen-bond acceptors (Lipinski definition) is 6. The van der Waals surface area contributed by atoms with Crippen molar-refractivity contribution in [3.8, 4) is 9.88 Å². The molecule has 152 valence electrons. The van der Waals surface area contributed by atoms with Gasteiger partial charge in [-0.1, -0.05) is 6.92 Å². The number of nitrogens with one attached hydrogen (secondary N) is 1. The molecule has 0 atom stereocenters. The number of sulfonamides is 1. The molecule has 0 unspecified atom stereocenters. The monoisotopic (exact) mass is 449 g/mol. The van der Waals surface area contributed by atoms with E-state index in [1.54, 1.807) is 17.4 Å². The third kappa shape index (κ3) is 5.98. The number of likely N-dealkylation sites (tertiary alicyclic amines) is 1. The van der Waals surface area contributed by atoms with Crippen LogP contribution in [0.3, 0.4) is 0 Å². The summed E-state index contributed by atoms with van der Waals surface area (Å²) in [4.78, 5) is 9.01. The molecule has 0 bridgehead atoms. The van der Waals surface area contributed by atoms with Gasteiger partial charge in [0.25, 0.3) is 0 Å². The molecule has 1 N–H and O–H groups in total. The molecule has 0 saturated carbocycles. The Kier molecular flexibility index (Phi) is 8.27. The lowest BCUT2D eigenvalue weighted by Crippen LogP contribution is -2.35. The Bertz CT molecular complexity index is 840. The van der Waals surface area contributed by atoms with Crippen molar-refractivity contribution in [1.29, 1.82) is 0 Å². The predicted octanol–water partition coefficient (Wildman–Crippen LogP) is 4.31. The number of halogens is 1. The van der Waals surface area contributed by atoms with Gasteiger partial charge in [0.15, 0.2) is 0 Å². The van der Waals surface area contributed by atoms with Gasteiger partial charge in [0.05, 0.1) is 9.77 Å². The summed E-state index contributed by atoms with van der Waals surface area (Å²) >= 11 is 3.04. The third-order valence-electron chi connectivity index (χ3n) is 4.81. The minimum Gasteiger partial charge on any atom is -0.303 e. The van der Waals surface area contributed by atoms with Gasteiger partial charge in [-0.15, -0.1) is 35.1 Å². The molecule has 5 nitrogen and oxygen atoms in total. The quantitative estimate of drug-likeness (QED) is 0.639. The molecule has 0 spiro atoms. The molecule has 9 heteroatoms. The van der Waals surface area contributed by atoms with Crippen LogP contribution < -0.4 is 4.72 Å². The minimum atomic E-state index is -3.46. The Morgan fingerprint density at radius 1 is 1.30 bits per heavy atom. The second-order valence-corrected chi connectivity index (χ2v) is 11.0. The van der Waals surface area contributed by atoms with E-state index in [9.17, 15) is 8.42 Å². The van der Waals surface area contributed by atoms with Crippen LogP contribution in [0.1, 0.15) is 36.8 Å². The molecular weight excluding hydrogens is 422 g/mol. The fourth-order valence-electron chi connectivity index (χ4n) is 3.18. The topological polar surface area (TPSA) is 62.3 Å². The molecule has 1 aliphatic rings. The molecule has 27 heavy (non-hydrogen) atoms. The first kappa shape index (κ1) is 22.8. The first-order valence-corrected chi connectivity index (χ1v) is 12.3. The van der Waals surface area contributed by atoms with Gasteiger partial charge in [-0.05, 0) is 64.7 Å². The zero-order valence-corrected chi connectivity index (χ0v) is 19.3. The lowest BCUT2D eigenvalue weighted by molar-refractivity contribution is 0.191. The van der Waals surface area contributed by atoms with Crippen LogP contribution in [0.5, 0.6) is 0 Å². The average Bonchev–Trinajstić information content (AvgIpc) is 3.19. The maximum atomic E-state index is 12.7. The lowest BCUT2D eigenvalue weighted by atomic mass is 9.99. The van der Waals surface area contributed by atoms with E-state index < -0.39 is 10.0 Å². The van der Waals surface area contributed by atoms with Gasteiger partial charge in [-0.3, -0.25) is 0 Å². The van der Waals surface area contributed by atoms with E-state index in [1.807, 2.05) is 19.2 Å². The van der Waals surface area contributed by atoms with Crippen molar-refractivity contribution < 1.29 is 8.42 Å². The van der Waals surface area contributed by atoms with Crippen LogP contribution in [-0.4, -0.2) is 44.5 Å². The second kappa shape index (κ2) is 9.80. The Morgan fingerprint density at radius 2 is 2.00 bits per heavy atom. The van der Waals surface area contributed by atoms with Crippen LogP contribution in [0, 0.1) is 19.8 Å². The zero-order chi connectivity index (χ0) is 18.7. The van der Waals surface area contributed by atoms with Crippen molar-refractivity contribution in [2.45, 2.75) is 44.9 Å². The van der Waals surface area contributed by atoms with Crippen molar-refractivity contribution in [3.05, 3.63) is 22.0 Å². The molecule has 1 saturated heterocycles. The van der Waals surface area contributed by atoms with Gasteiger partial charge in [-0.25, -0.2) is 18.1 Å². The normalized spacial score (nSPS) is 16.4. The highest BCUT2D eigenvalue weighted by Crippen LogP contribution is 2.35. The Hall–Kier alpha value is -0.510. The fraction of sp³-hybridized carbons (Fsp3) is 0.611. The largest absolute Gasteiger partial charge is 0.303 e. The van der Waals surface area contributed by atoms with Gasteiger partial charge in [0.1, 0.15) is 5.01 Å². The number of thiophene rings is 1. The van der Waals surface area contributed by atoms with Crippen molar-refractivity contribution in [3.63, 3.8) is 0 Å². The van der Waals surface area contributed by atoms with E-state index in [0.29, 0.717) is 11.4 Å². The zero-order valence-electron chi connectivity index (χ0n) is 16.0. The lowest BCUT2D eigenvalue weighted by Gasteiger charge is -2.30. The number of aromatic nitrogens is 1. The van der Waals surface area contributed by atoms with E-state index >= 15 is 0 Å². The molecule has 2 aromatic heterocycles. The molecule has 0 radical (unpaired) electrons. The van der Waals surface area contributed by atoms with Crippen molar-refractivity contribution in [1.82, 2.24) is 14.6 Å². The van der Waals surface area contributed by atoms with Crippen molar-refractivity contribution in [2.24, 2.45) is 5.92 Å². The fourth-order valence-corrected chi connectivity index (χ4v) is 6.70. The van der Waals surface area contributed by atoms with E-state index in [1.165, 1.54) is 24.2 Å². The van der Waals surface area contributed by atoms with E-state index in [2.05, 4.69) is 21.5 Å². The average molecular weight is 450 g/mol.